The molecular formula is C16H22IN7. The standard InChI is InChI=1S/C16H22IN7/c1-11(7-17)16(22-12-3-2-4-19-8-12)23-15(18)13-9-21-24-6-5-20-10-14(13)24/h5-6,9-10,12,19,22H,2-4,7-8H2,1H3,(H2,18,23)/b16-11-/t12-/m1/s1. The van der Waals surface area contributed by atoms with Gasteiger partial charge in [-0.3, -0.25) is 4.98 Å². The minimum Gasteiger partial charge on any atom is -0.383 e. The first-order chi connectivity index (χ1) is 11.7. The zero-order chi connectivity index (χ0) is 16.9. The molecule has 0 saturated carbocycles. The lowest BCUT2D eigenvalue weighted by Gasteiger charge is -2.25. The fourth-order valence-corrected chi connectivity index (χ4v) is 3.06. The Kier molecular flexibility index (Phi) is 5.67. The van der Waals surface area contributed by atoms with Gasteiger partial charge in [-0.2, -0.15) is 5.10 Å². The number of nitrogens with zero attached hydrogens (tertiary/aromatic N) is 4. The highest BCUT2D eigenvalue weighted by atomic mass is 127. The number of rotatable bonds is 5. The molecule has 1 aliphatic heterocycles. The minimum absolute atomic E-state index is 0.383. The monoisotopic (exact) mass is 439 g/mol. The number of aromatic nitrogens is 3. The normalized spacial score (nSPS) is 20.1. The molecule has 128 valence electrons. The van der Waals surface area contributed by atoms with E-state index in [-0.39, 0.29) is 0 Å². The molecule has 2 aromatic rings. The van der Waals surface area contributed by atoms with Gasteiger partial charge >= 0.3 is 0 Å². The summed E-state index contributed by atoms with van der Waals surface area (Å²) in [6.07, 6.45) is 9.28. The summed E-state index contributed by atoms with van der Waals surface area (Å²) >= 11 is 2.35. The van der Waals surface area contributed by atoms with Crippen molar-refractivity contribution in [1.82, 2.24) is 25.2 Å². The second-order valence-electron chi connectivity index (χ2n) is 5.91. The van der Waals surface area contributed by atoms with Crippen LogP contribution in [-0.4, -0.2) is 44.0 Å². The molecule has 0 aliphatic carbocycles. The summed E-state index contributed by atoms with van der Waals surface area (Å²) in [7, 11) is 0. The molecule has 0 bridgehead atoms. The summed E-state index contributed by atoms with van der Waals surface area (Å²) in [6.45, 7) is 4.12. The van der Waals surface area contributed by atoms with Crippen molar-refractivity contribution in [1.29, 1.82) is 0 Å². The predicted octanol–water partition coefficient (Wildman–Crippen LogP) is 1.44. The average Bonchev–Trinajstić information content (AvgIpc) is 3.05. The maximum atomic E-state index is 6.28. The lowest BCUT2D eigenvalue weighted by atomic mass is 10.1. The molecule has 24 heavy (non-hydrogen) atoms. The van der Waals surface area contributed by atoms with E-state index in [2.05, 4.69) is 55.2 Å². The number of hydrogen-bond acceptors (Lipinski definition) is 5. The topological polar surface area (TPSA) is 92.6 Å². The van der Waals surface area contributed by atoms with Crippen LogP contribution in [0.2, 0.25) is 0 Å². The van der Waals surface area contributed by atoms with Gasteiger partial charge in [-0.25, -0.2) is 9.51 Å². The number of nitrogens with one attached hydrogen (secondary N) is 2. The smallest absolute Gasteiger partial charge is 0.136 e. The van der Waals surface area contributed by atoms with Crippen LogP contribution in [-0.2, 0) is 0 Å². The SMILES string of the molecule is C/C(CI)=C(/N=C(N)c1cnn2ccncc12)N[C@@H]1CCCNC1. The van der Waals surface area contributed by atoms with Crippen molar-refractivity contribution in [3.63, 3.8) is 0 Å². The predicted molar refractivity (Wildman–Crippen MR) is 104 cm³/mol. The fourth-order valence-electron chi connectivity index (χ4n) is 2.70. The van der Waals surface area contributed by atoms with Crippen molar-refractivity contribution >= 4 is 33.9 Å². The number of piperidine rings is 1. The molecule has 2 aromatic heterocycles. The van der Waals surface area contributed by atoms with Crippen LogP contribution in [0.5, 0.6) is 0 Å². The Morgan fingerprint density at radius 3 is 3.17 bits per heavy atom. The lowest BCUT2D eigenvalue weighted by molar-refractivity contribution is 0.412. The van der Waals surface area contributed by atoms with Gasteiger partial charge in [-0.15, -0.1) is 0 Å². The van der Waals surface area contributed by atoms with Gasteiger partial charge in [0.15, 0.2) is 0 Å². The van der Waals surface area contributed by atoms with E-state index >= 15 is 0 Å². The van der Waals surface area contributed by atoms with E-state index in [9.17, 15) is 0 Å². The summed E-state index contributed by atoms with van der Waals surface area (Å²) < 4.78 is 2.64. The first-order valence-electron chi connectivity index (χ1n) is 8.04. The van der Waals surface area contributed by atoms with Gasteiger partial charge in [-0.1, -0.05) is 22.6 Å². The van der Waals surface area contributed by atoms with Gasteiger partial charge in [0.2, 0.25) is 0 Å². The molecule has 3 heterocycles. The molecule has 1 atom stereocenters. The Bertz CT molecular complexity index is 759. The highest BCUT2D eigenvalue weighted by Crippen LogP contribution is 2.14. The molecule has 0 amide bonds. The Labute approximate surface area is 155 Å². The number of nitrogens with two attached hydrogens (primary N) is 1. The van der Waals surface area contributed by atoms with Gasteiger partial charge in [0.1, 0.15) is 11.7 Å². The summed E-state index contributed by atoms with van der Waals surface area (Å²) in [5, 5.41) is 11.3. The maximum absolute atomic E-state index is 6.28. The van der Waals surface area contributed by atoms with Crippen molar-refractivity contribution in [2.75, 3.05) is 17.5 Å². The second kappa shape index (κ2) is 7.93. The molecule has 8 heteroatoms. The van der Waals surface area contributed by atoms with Gasteiger partial charge in [0.05, 0.1) is 23.5 Å². The summed E-state index contributed by atoms with van der Waals surface area (Å²) in [4.78, 5) is 8.83. The van der Waals surface area contributed by atoms with Gasteiger partial charge in [-0.05, 0) is 31.9 Å². The van der Waals surface area contributed by atoms with E-state index in [1.807, 2.05) is 0 Å². The van der Waals surface area contributed by atoms with E-state index in [4.69, 9.17) is 5.73 Å². The van der Waals surface area contributed by atoms with Gasteiger partial charge in [0, 0.05) is 29.4 Å². The highest BCUT2D eigenvalue weighted by molar-refractivity contribution is 14.1. The third-order valence-electron chi connectivity index (χ3n) is 4.08. The van der Waals surface area contributed by atoms with Crippen LogP contribution in [0, 0.1) is 0 Å². The fraction of sp³-hybridized carbons (Fsp3) is 0.438. The van der Waals surface area contributed by atoms with Crippen molar-refractivity contribution in [2.24, 2.45) is 10.7 Å². The number of alkyl halides is 1. The van der Waals surface area contributed by atoms with E-state index in [1.54, 1.807) is 29.3 Å². The largest absolute Gasteiger partial charge is 0.383 e. The molecular weight excluding hydrogens is 417 g/mol. The molecule has 1 fully saturated rings. The Morgan fingerprint density at radius 1 is 1.54 bits per heavy atom. The average molecular weight is 439 g/mol. The highest BCUT2D eigenvalue weighted by Gasteiger charge is 2.16. The van der Waals surface area contributed by atoms with Crippen LogP contribution in [0.4, 0.5) is 0 Å². The number of halogens is 1. The van der Waals surface area contributed by atoms with Gasteiger partial charge in [0.25, 0.3) is 0 Å². The molecule has 0 spiro atoms. The van der Waals surface area contributed by atoms with Gasteiger partial charge < -0.3 is 16.4 Å². The molecule has 7 nitrogen and oxygen atoms in total. The van der Waals surface area contributed by atoms with E-state index in [0.717, 1.165) is 40.8 Å². The van der Waals surface area contributed by atoms with E-state index in [0.29, 0.717) is 11.9 Å². The van der Waals surface area contributed by atoms with Crippen LogP contribution in [0.1, 0.15) is 25.3 Å². The number of amidine groups is 1. The van der Waals surface area contributed by atoms with Crippen LogP contribution in [0.15, 0.2) is 41.2 Å². The van der Waals surface area contributed by atoms with Crippen LogP contribution in [0.3, 0.4) is 0 Å². The molecule has 3 rings (SSSR count). The first kappa shape index (κ1) is 17.2. The van der Waals surface area contributed by atoms with Crippen LogP contribution < -0.4 is 16.4 Å². The third-order valence-corrected chi connectivity index (χ3v) is 5.22. The second-order valence-corrected chi connectivity index (χ2v) is 6.67. The molecule has 1 saturated heterocycles. The zero-order valence-corrected chi connectivity index (χ0v) is 15.8. The quantitative estimate of drug-likeness (QED) is 0.284. The first-order valence-corrected chi connectivity index (χ1v) is 9.56. The number of hydrogen-bond donors (Lipinski definition) is 3. The number of allylic oxidation sites excluding steroid dienone is 1. The van der Waals surface area contributed by atoms with E-state index < -0.39 is 0 Å². The van der Waals surface area contributed by atoms with Crippen molar-refractivity contribution in [2.45, 2.75) is 25.8 Å². The van der Waals surface area contributed by atoms with Crippen molar-refractivity contribution in [3.8, 4) is 0 Å². The Morgan fingerprint density at radius 2 is 2.42 bits per heavy atom. The zero-order valence-electron chi connectivity index (χ0n) is 13.7. The van der Waals surface area contributed by atoms with Crippen LogP contribution >= 0.6 is 22.6 Å². The minimum atomic E-state index is 0.383. The third kappa shape index (κ3) is 3.86. The summed E-state index contributed by atoms with van der Waals surface area (Å²) in [6, 6.07) is 0.383. The maximum Gasteiger partial charge on any atom is 0.136 e. The molecule has 1 aliphatic rings. The van der Waals surface area contributed by atoms with Crippen molar-refractivity contribution in [3.05, 3.63) is 41.7 Å². The Balaban J connectivity index is 1.88. The summed E-state index contributed by atoms with van der Waals surface area (Å²) in [5.41, 5.74) is 9.11. The molecule has 4 N–H and O–H groups in total. The number of aliphatic imine (C=N–C) groups is 1. The number of fused-ring (bicyclic) bond motifs is 1. The molecule has 0 radical (unpaired) electrons. The van der Waals surface area contributed by atoms with Crippen molar-refractivity contribution < 1.29 is 0 Å². The molecule has 0 unspecified atom stereocenters. The lowest BCUT2D eigenvalue weighted by Crippen LogP contribution is -2.43. The molecule has 0 aromatic carbocycles. The Hall–Kier alpha value is -1.68. The van der Waals surface area contributed by atoms with Crippen LogP contribution in [0.25, 0.3) is 5.52 Å². The summed E-state index contributed by atoms with van der Waals surface area (Å²) in [5.74, 6) is 1.31. The van der Waals surface area contributed by atoms with E-state index in [1.165, 1.54) is 12.0 Å².